The Hall–Kier alpha value is -2.00. The second-order valence-electron chi connectivity index (χ2n) is 7.83. The first-order chi connectivity index (χ1) is 15.8. The van der Waals surface area contributed by atoms with Gasteiger partial charge >= 0.3 is 0 Å². The molecule has 0 spiro atoms. The van der Waals surface area contributed by atoms with E-state index in [-0.39, 0.29) is 9.92 Å². The molecule has 3 aromatic rings. The van der Waals surface area contributed by atoms with Crippen LogP contribution in [0.2, 0.25) is 10.0 Å². The van der Waals surface area contributed by atoms with Crippen molar-refractivity contribution >= 4 is 49.5 Å². The normalized spacial score (nSPS) is 15.0. The quantitative estimate of drug-likeness (QED) is 0.404. The van der Waals surface area contributed by atoms with Crippen molar-refractivity contribution in [2.75, 3.05) is 32.2 Å². The van der Waals surface area contributed by atoms with Crippen molar-refractivity contribution in [1.82, 2.24) is 4.98 Å². The van der Waals surface area contributed by atoms with Gasteiger partial charge in [-0.1, -0.05) is 23.2 Å². The molecule has 1 aliphatic rings. The first kappa shape index (κ1) is 24.1. The van der Waals surface area contributed by atoms with Crippen LogP contribution in [-0.2, 0) is 16.3 Å². The maximum atomic E-state index is 13.1. The van der Waals surface area contributed by atoms with Crippen molar-refractivity contribution in [1.29, 1.82) is 0 Å². The number of thiazole rings is 1. The maximum absolute atomic E-state index is 13.1. The summed E-state index contributed by atoms with van der Waals surface area (Å²) in [5.74, 6) is 1.48. The average Bonchev–Trinajstić information content (AvgIpc) is 3.27. The molecule has 0 aliphatic carbocycles. The van der Waals surface area contributed by atoms with Gasteiger partial charge in [-0.2, -0.15) is 0 Å². The minimum absolute atomic E-state index is 0.150. The smallest absolute Gasteiger partial charge is 0.185 e. The number of ether oxygens (including phenoxy) is 2. The van der Waals surface area contributed by atoms with Crippen LogP contribution in [0.5, 0.6) is 11.5 Å². The Morgan fingerprint density at radius 3 is 2.33 bits per heavy atom. The Morgan fingerprint density at radius 2 is 1.73 bits per heavy atom. The summed E-state index contributed by atoms with van der Waals surface area (Å²) >= 11 is 13.7. The zero-order valence-corrected chi connectivity index (χ0v) is 21.4. The van der Waals surface area contributed by atoms with Gasteiger partial charge in [0.25, 0.3) is 0 Å². The molecule has 0 atom stereocenters. The number of nitrogens with zero attached hydrogens (tertiary/aromatic N) is 2. The third kappa shape index (κ3) is 5.40. The maximum Gasteiger partial charge on any atom is 0.185 e. The number of anilines is 1. The van der Waals surface area contributed by atoms with E-state index in [1.807, 2.05) is 23.6 Å². The molecule has 4 rings (SSSR count). The van der Waals surface area contributed by atoms with Crippen LogP contribution in [0.4, 0.5) is 5.13 Å². The summed E-state index contributed by atoms with van der Waals surface area (Å²) in [6.07, 6.45) is 1.69. The molecule has 0 bridgehead atoms. The van der Waals surface area contributed by atoms with Gasteiger partial charge in [-0.25, -0.2) is 13.4 Å². The van der Waals surface area contributed by atoms with Crippen molar-refractivity contribution in [2.45, 2.75) is 29.4 Å². The van der Waals surface area contributed by atoms with E-state index < -0.39 is 15.1 Å². The molecular formula is C23H24Cl2N2O4S2. The molecule has 0 radical (unpaired) electrons. The van der Waals surface area contributed by atoms with Gasteiger partial charge in [-0.15, -0.1) is 11.3 Å². The lowest BCUT2D eigenvalue weighted by Gasteiger charge is -2.31. The Kier molecular flexibility index (Phi) is 7.38. The number of aromatic nitrogens is 1. The summed E-state index contributed by atoms with van der Waals surface area (Å²) in [7, 11) is -0.263. The summed E-state index contributed by atoms with van der Waals surface area (Å²) in [4.78, 5) is 7.09. The highest BCUT2D eigenvalue weighted by Gasteiger charge is 2.33. The van der Waals surface area contributed by atoms with Crippen LogP contribution >= 0.6 is 34.5 Å². The van der Waals surface area contributed by atoms with Gasteiger partial charge in [0.05, 0.1) is 35.1 Å². The lowest BCUT2D eigenvalue weighted by molar-refractivity contribution is 0.393. The van der Waals surface area contributed by atoms with Crippen LogP contribution in [0.3, 0.4) is 0 Å². The van der Waals surface area contributed by atoms with Crippen molar-refractivity contribution < 1.29 is 17.9 Å². The number of hydrogen-bond donors (Lipinski definition) is 0. The molecule has 0 N–H and O–H groups in total. The summed E-state index contributed by atoms with van der Waals surface area (Å²) in [5, 5.41) is 3.05. The average molecular weight is 527 g/mol. The van der Waals surface area contributed by atoms with Crippen LogP contribution in [0.1, 0.15) is 24.1 Å². The molecule has 1 aromatic heterocycles. The summed E-state index contributed by atoms with van der Waals surface area (Å²) in [6.45, 7) is 1.24. The van der Waals surface area contributed by atoms with Crippen molar-refractivity contribution in [3.8, 4) is 11.5 Å². The molecule has 176 valence electrons. The van der Waals surface area contributed by atoms with Crippen molar-refractivity contribution in [3.05, 3.63) is 63.1 Å². The fourth-order valence-corrected chi connectivity index (χ4v) is 7.33. The minimum Gasteiger partial charge on any atom is -0.497 e. The van der Waals surface area contributed by atoms with Crippen LogP contribution in [0, 0.1) is 0 Å². The SMILES string of the molecule is COc1cc(Cc2csc(N3CCC(S(=O)(=O)c4ccc(Cl)cc4Cl)CC3)n2)cc(OC)c1. The van der Waals surface area contributed by atoms with Crippen LogP contribution in [0.25, 0.3) is 0 Å². The van der Waals surface area contributed by atoms with Crippen LogP contribution in [-0.4, -0.2) is 46.0 Å². The molecule has 33 heavy (non-hydrogen) atoms. The number of methoxy groups -OCH3 is 2. The third-order valence-electron chi connectivity index (χ3n) is 5.69. The van der Waals surface area contributed by atoms with E-state index in [2.05, 4.69) is 4.90 Å². The number of rotatable bonds is 7. The van der Waals surface area contributed by atoms with E-state index >= 15 is 0 Å². The fraction of sp³-hybridized carbons (Fsp3) is 0.348. The molecule has 2 aromatic carbocycles. The summed E-state index contributed by atoms with van der Waals surface area (Å²) in [5.41, 5.74) is 2.00. The molecule has 2 heterocycles. The van der Waals surface area contributed by atoms with Crippen molar-refractivity contribution in [3.63, 3.8) is 0 Å². The number of benzene rings is 2. The predicted molar refractivity (Wildman–Crippen MR) is 133 cm³/mol. The standard InChI is InChI=1S/C23H24Cl2N2O4S2/c1-30-18-10-15(11-19(13-18)31-2)9-17-14-32-23(26-17)27-7-5-20(6-8-27)33(28,29)22-4-3-16(24)12-21(22)25/h3-4,10-14,20H,5-9H2,1-2H3. The van der Waals surface area contributed by atoms with Gasteiger partial charge in [0.2, 0.25) is 0 Å². The molecule has 1 fully saturated rings. The molecule has 0 saturated carbocycles. The molecule has 10 heteroatoms. The summed E-state index contributed by atoms with van der Waals surface area (Å²) < 4.78 is 36.9. The monoisotopic (exact) mass is 526 g/mol. The van der Waals surface area contributed by atoms with E-state index in [0.717, 1.165) is 27.9 Å². The van der Waals surface area contributed by atoms with E-state index in [0.29, 0.717) is 37.4 Å². The van der Waals surface area contributed by atoms with Gasteiger partial charge in [0.1, 0.15) is 11.5 Å². The molecule has 1 saturated heterocycles. The topological polar surface area (TPSA) is 68.7 Å². The van der Waals surface area contributed by atoms with Gasteiger partial charge in [0, 0.05) is 36.0 Å². The van der Waals surface area contributed by atoms with Crippen LogP contribution in [0.15, 0.2) is 46.7 Å². The van der Waals surface area contributed by atoms with Gasteiger partial charge in [-0.05, 0) is 48.7 Å². The van der Waals surface area contributed by atoms with Gasteiger partial charge in [0.15, 0.2) is 15.0 Å². The first-order valence-corrected chi connectivity index (χ1v) is 13.6. The molecule has 0 amide bonds. The highest BCUT2D eigenvalue weighted by molar-refractivity contribution is 7.92. The molecule has 1 aliphatic heterocycles. The lowest BCUT2D eigenvalue weighted by Crippen LogP contribution is -2.39. The second-order valence-corrected chi connectivity index (χ2v) is 11.7. The molecule has 0 unspecified atom stereocenters. The van der Waals surface area contributed by atoms with Crippen molar-refractivity contribution in [2.24, 2.45) is 0 Å². The zero-order valence-electron chi connectivity index (χ0n) is 18.3. The van der Waals surface area contributed by atoms with E-state index in [1.165, 1.54) is 12.1 Å². The van der Waals surface area contributed by atoms with E-state index in [1.54, 1.807) is 31.6 Å². The number of halogens is 2. The van der Waals surface area contributed by atoms with Crippen LogP contribution < -0.4 is 14.4 Å². The second kappa shape index (κ2) is 10.1. The third-order valence-corrected chi connectivity index (χ3v) is 9.62. The Balaban J connectivity index is 1.42. The minimum atomic E-state index is -3.52. The Labute approximate surface area is 208 Å². The van der Waals surface area contributed by atoms with E-state index in [4.69, 9.17) is 37.7 Å². The number of piperidine rings is 1. The predicted octanol–water partition coefficient (Wildman–Crippen LogP) is 5.50. The lowest BCUT2D eigenvalue weighted by atomic mass is 10.1. The number of sulfone groups is 1. The largest absolute Gasteiger partial charge is 0.497 e. The first-order valence-electron chi connectivity index (χ1n) is 10.4. The van der Waals surface area contributed by atoms with Gasteiger partial charge in [-0.3, -0.25) is 0 Å². The zero-order chi connectivity index (χ0) is 23.6. The highest BCUT2D eigenvalue weighted by atomic mass is 35.5. The Bertz CT molecular complexity index is 1220. The molecular weight excluding hydrogens is 503 g/mol. The van der Waals surface area contributed by atoms with Gasteiger partial charge < -0.3 is 14.4 Å². The van der Waals surface area contributed by atoms with E-state index in [9.17, 15) is 8.42 Å². The molecule has 6 nitrogen and oxygen atoms in total. The highest BCUT2D eigenvalue weighted by Crippen LogP contribution is 2.33. The Morgan fingerprint density at radius 1 is 1.06 bits per heavy atom. The fourth-order valence-electron chi connectivity index (χ4n) is 3.94. The number of hydrogen-bond acceptors (Lipinski definition) is 7. The summed E-state index contributed by atoms with van der Waals surface area (Å²) in [6, 6.07) is 10.3.